The molecule has 0 aliphatic carbocycles. The number of halogens is 3. The van der Waals surface area contributed by atoms with Crippen molar-refractivity contribution < 1.29 is 8.42 Å². The molecule has 0 heterocycles. The molecule has 2 rings (SSSR count). The maximum Gasteiger partial charge on any atom is 0.179 e. The average Bonchev–Trinajstić information content (AvgIpc) is 2.47. The van der Waals surface area contributed by atoms with Gasteiger partial charge in [0.15, 0.2) is 9.84 Å². The molecule has 3 nitrogen and oxygen atoms in total. The molecule has 0 bridgehead atoms. The predicted octanol–water partition coefficient (Wildman–Crippen LogP) is 4.77. The van der Waals surface area contributed by atoms with Gasteiger partial charge in [-0.1, -0.05) is 40.9 Å². The molecule has 0 aliphatic heterocycles. The first kappa shape index (κ1) is 18.6. The second-order valence-corrected chi connectivity index (χ2v) is 8.50. The molecule has 0 unspecified atom stereocenters. The smallest absolute Gasteiger partial charge is 0.179 e. The topological polar surface area (TPSA) is 46.2 Å². The summed E-state index contributed by atoms with van der Waals surface area (Å²) in [7, 11) is -3.35. The average molecular weight is 393 g/mol. The van der Waals surface area contributed by atoms with Gasteiger partial charge < -0.3 is 5.32 Å². The molecule has 0 aliphatic rings. The van der Waals surface area contributed by atoms with Crippen LogP contribution in [0.3, 0.4) is 0 Å². The Hall–Kier alpha value is -0.780. The van der Waals surface area contributed by atoms with E-state index in [1.807, 2.05) is 13.0 Å². The van der Waals surface area contributed by atoms with Gasteiger partial charge in [-0.3, -0.25) is 0 Å². The maximum absolute atomic E-state index is 12.2. The minimum atomic E-state index is -3.35. The molecule has 23 heavy (non-hydrogen) atoms. The van der Waals surface area contributed by atoms with Gasteiger partial charge in [-0.25, -0.2) is 8.42 Å². The molecule has 0 saturated heterocycles. The Bertz CT molecular complexity index is 776. The van der Waals surface area contributed by atoms with Gasteiger partial charge in [0.1, 0.15) is 0 Å². The normalized spacial score (nSPS) is 13.0. The fraction of sp³-hybridized carbons (Fsp3) is 0.250. The summed E-state index contributed by atoms with van der Waals surface area (Å²) in [6.07, 6.45) is 0. The highest BCUT2D eigenvalue weighted by Gasteiger charge is 2.15. The first-order valence-corrected chi connectivity index (χ1v) is 9.75. The van der Waals surface area contributed by atoms with Crippen molar-refractivity contribution >= 4 is 44.6 Å². The highest BCUT2D eigenvalue weighted by molar-refractivity contribution is 7.91. The third-order valence-electron chi connectivity index (χ3n) is 3.42. The first-order valence-electron chi connectivity index (χ1n) is 6.96. The summed E-state index contributed by atoms with van der Waals surface area (Å²) in [5, 5.41) is 4.79. The molecule has 0 fully saturated rings. The first-order chi connectivity index (χ1) is 10.8. The lowest BCUT2D eigenvalue weighted by Crippen LogP contribution is -2.26. The number of rotatable bonds is 6. The number of sulfone groups is 1. The third kappa shape index (κ3) is 5.10. The van der Waals surface area contributed by atoms with Crippen molar-refractivity contribution in [2.45, 2.75) is 17.9 Å². The van der Waals surface area contributed by atoms with Crippen molar-refractivity contribution in [2.24, 2.45) is 0 Å². The Labute approximate surface area is 151 Å². The van der Waals surface area contributed by atoms with Crippen LogP contribution in [0.1, 0.15) is 18.5 Å². The van der Waals surface area contributed by atoms with E-state index in [0.29, 0.717) is 21.6 Å². The molecule has 2 aromatic rings. The molecule has 0 radical (unpaired) electrons. The maximum atomic E-state index is 12.2. The van der Waals surface area contributed by atoms with Crippen molar-refractivity contribution in [1.29, 1.82) is 0 Å². The third-order valence-corrected chi connectivity index (χ3v) is 5.97. The van der Waals surface area contributed by atoms with Gasteiger partial charge in [-0.2, -0.15) is 0 Å². The van der Waals surface area contributed by atoms with Crippen LogP contribution in [0, 0.1) is 0 Å². The van der Waals surface area contributed by atoms with E-state index in [9.17, 15) is 8.42 Å². The van der Waals surface area contributed by atoms with Gasteiger partial charge in [0.25, 0.3) is 0 Å². The fourth-order valence-electron chi connectivity index (χ4n) is 2.13. The van der Waals surface area contributed by atoms with E-state index in [0.717, 1.165) is 5.56 Å². The summed E-state index contributed by atoms with van der Waals surface area (Å²) in [6.45, 7) is 2.23. The van der Waals surface area contributed by atoms with E-state index in [4.69, 9.17) is 34.8 Å². The van der Waals surface area contributed by atoms with E-state index < -0.39 is 9.84 Å². The molecular weight excluding hydrogens is 377 g/mol. The number of nitrogens with one attached hydrogen (secondary N) is 1. The van der Waals surface area contributed by atoms with E-state index >= 15 is 0 Å². The summed E-state index contributed by atoms with van der Waals surface area (Å²) in [4.78, 5) is 0.265. The molecular formula is C16H16Cl3NO2S. The lowest BCUT2D eigenvalue weighted by Gasteiger charge is -2.16. The molecule has 0 saturated carbocycles. The molecule has 1 N–H and O–H groups in total. The van der Waals surface area contributed by atoms with Gasteiger partial charge in [-0.05, 0) is 48.9 Å². The van der Waals surface area contributed by atoms with Crippen molar-refractivity contribution in [3.63, 3.8) is 0 Å². The van der Waals surface area contributed by atoms with Crippen molar-refractivity contribution in [2.75, 3.05) is 12.3 Å². The standard InChI is InChI=1S/C16H16Cl3NO2S/c1-11(15-7-4-13(18)10-16(15)19)20-8-9-23(21,22)14-5-2-12(17)3-6-14/h2-7,10-11,20H,8-9H2,1H3/t11-/m0/s1. The number of benzene rings is 2. The van der Waals surface area contributed by atoms with Crippen LogP contribution in [0.25, 0.3) is 0 Å². The van der Waals surface area contributed by atoms with Gasteiger partial charge in [0.05, 0.1) is 10.6 Å². The summed E-state index contributed by atoms with van der Waals surface area (Å²) in [6, 6.07) is 11.3. The lowest BCUT2D eigenvalue weighted by atomic mass is 10.1. The van der Waals surface area contributed by atoms with Crippen LogP contribution in [-0.4, -0.2) is 20.7 Å². The SMILES string of the molecule is C[C@H](NCCS(=O)(=O)c1ccc(Cl)cc1)c1ccc(Cl)cc1Cl. The fourth-order valence-corrected chi connectivity index (χ4v) is 4.00. The molecule has 0 amide bonds. The van der Waals surface area contributed by atoms with Crippen LogP contribution in [0.2, 0.25) is 15.1 Å². The Morgan fingerprint density at radius 1 is 1.00 bits per heavy atom. The van der Waals surface area contributed by atoms with Crippen LogP contribution >= 0.6 is 34.8 Å². The van der Waals surface area contributed by atoms with Gasteiger partial charge in [0.2, 0.25) is 0 Å². The lowest BCUT2D eigenvalue weighted by molar-refractivity contribution is 0.572. The Balaban J connectivity index is 1.97. The summed E-state index contributed by atoms with van der Waals surface area (Å²) >= 11 is 17.8. The van der Waals surface area contributed by atoms with Gasteiger partial charge in [-0.15, -0.1) is 0 Å². The van der Waals surface area contributed by atoms with Crippen LogP contribution in [0.4, 0.5) is 0 Å². The molecule has 7 heteroatoms. The molecule has 2 aromatic carbocycles. The quantitative estimate of drug-likeness (QED) is 0.770. The highest BCUT2D eigenvalue weighted by Crippen LogP contribution is 2.26. The number of hydrogen-bond acceptors (Lipinski definition) is 3. The minimum Gasteiger partial charge on any atom is -0.309 e. The van der Waals surface area contributed by atoms with Crippen molar-refractivity contribution in [3.8, 4) is 0 Å². The van der Waals surface area contributed by atoms with Crippen molar-refractivity contribution in [3.05, 3.63) is 63.1 Å². The Morgan fingerprint density at radius 2 is 1.61 bits per heavy atom. The monoisotopic (exact) mass is 391 g/mol. The van der Waals surface area contributed by atoms with E-state index in [2.05, 4.69) is 5.32 Å². The predicted molar refractivity (Wildman–Crippen MR) is 96.4 cm³/mol. The van der Waals surface area contributed by atoms with Crippen LogP contribution in [0.15, 0.2) is 47.4 Å². The van der Waals surface area contributed by atoms with Gasteiger partial charge >= 0.3 is 0 Å². The zero-order chi connectivity index (χ0) is 17.0. The second kappa shape index (κ2) is 7.86. The second-order valence-electron chi connectivity index (χ2n) is 5.11. The zero-order valence-electron chi connectivity index (χ0n) is 12.4. The van der Waals surface area contributed by atoms with Crippen molar-refractivity contribution in [1.82, 2.24) is 5.32 Å². The highest BCUT2D eigenvalue weighted by atomic mass is 35.5. The molecule has 0 spiro atoms. The summed E-state index contributed by atoms with van der Waals surface area (Å²) in [5.41, 5.74) is 0.875. The summed E-state index contributed by atoms with van der Waals surface area (Å²) < 4.78 is 24.5. The Morgan fingerprint density at radius 3 is 2.22 bits per heavy atom. The van der Waals surface area contributed by atoms with Crippen LogP contribution in [0.5, 0.6) is 0 Å². The number of hydrogen-bond donors (Lipinski definition) is 1. The molecule has 0 aromatic heterocycles. The largest absolute Gasteiger partial charge is 0.309 e. The van der Waals surface area contributed by atoms with Crippen LogP contribution in [-0.2, 0) is 9.84 Å². The minimum absolute atomic E-state index is 0.00974. The van der Waals surface area contributed by atoms with Gasteiger partial charge in [0, 0.05) is 27.7 Å². The molecule has 1 atom stereocenters. The zero-order valence-corrected chi connectivity index (χ0v) is 15.5. The van der Waals surface area contributed by atoms with E-state index in [1.54, 1.807) is 24.3 Å². The summed E-state index contributed by atoms with van der Waals surface area (Å²) in [5.74, 6) is -0.00974. The molecule has 124 valence electrons. The van der Waals surface area contributed by atoms with Crippen LogP contribution < -0.4 is 5.32 Å². The van der Waals surface area contributed by atoms with E-state index in [1.165, 1.54) is 12.1 Å². The van der Waals surface area contributed by atoms with E-state index in [-0.39, 0.29) is 16.7 Å². The Kier molecular flexibility index (Phi) is 6.34.